The first-order valence-electron chi connectivity index (χ1n) is 5.88. The van der Waals surface area contributed by atoms with Gasteiger partial charge in [0.15, 0.2) is 11.5 Å². The number of rotatable bonds is 8. The predicted molar refractivity (Wildman–Crippen MR) is 73.4 cm³/mol. The van der Waals surface area contributed by atoms with Gasteiger partial charge in [-0.15, -0.1) is 11.6 Å². The van der Waals surface area contributed by atoms with Gasteiger partial charge in [-0.3, -0.25) is 0 Å². The van der Waals surface area contributed by atoms with E-state index < -0.39 is 5.97 Å². The Balaban J connectivity index is 2.52. The molecular formula is C13H18ClNO4. The Morgan fingerprint density at radius 1 is 1.21 bits per heavy atom. The van der Waals surface area contributed by atoms with Gasteiger partial charge in [-0.05, 0) is 18.2 Å². The van der Waals surface area contributed by atoms with Crippen molar-refractivity contribution in [2.45, 2.75) is 0 Å². The number of halogens is 1. The van der Waals surface area contributed by atoms with Crippen LogP contribution in [0.1, 0.15) is 10.4 Å². The van der Waals surface area contributed by atoms with Crippen molar-refractivity contribution in [2.75, 3.05) is 39.8 Å². The fraction of sp³-hybridized carbons (Fsp3) is 0.462. The van der Waals surface area contributed by atoms with Crippen molar-refractivity contribution >= 4 is 17.6 Å². The van der Waals surface area contributed by atoms with E-state index in [1.54, 1.807) is 25.3 Å². The Morgan fingerprint density at radius 2 is 1.95 bits per heavy atom. The number of nitrogens with one attached hydrogen (secondary N) is 1. The molecule has 1 N–H and O–H groups in total. The van der Waals surface area contributed by atoms with Crippen molar-refractivity contribution in [3.05, 3.63) is 23.8 Å². The second-order valence-electron chi connectivity index (χ2n) is 3.64. The summed E-state index contributed by atoms with van der Waals surface area (Å²) < 4.78 is 15.3. The molecule has 1 aromatic carbocycles. The van der Waals surface area contributed by atoms with Crippen LogP contribution in [0.3, 0.4) is 0 Å². The standard InChI is InChI=1S/C13H18ClNO4/c1-17-11-4-3-10(9-12(11)18-2)13(16)19-8-7-15-6-5-14/h3-4,9,15H,5-8H2,1-2H3. The molecule has 5 nitrogen and oxygen atoms in total. The summed E-state index contributed by atoms with van der Waals surface area (Å²) in [5, 5.41) is 3.03. The van der Waals surface area contributed by atoms with Crippen LogP contribution in [-0.2, 0) is 4.74 Å². The topological polar surface area (TPSA) is 56.8 Å². The van der Waals surface area contributed by atoms with Crippen molar-refractivity contribution in [3.63, 3.8) is 0 Å². The van der Waals surface area contributed by atoms with E-state index in [0.717, 1.165) is 0 Å². The fourth-order valence-corrected chi connectivity index (χ4v) is 1.59. The zero-order valence-corrected chi connectivity index (χ0v) is 11.8. The summed E-state index contributed by atoms with van der Waals surface area (Å²) in [7, 11) is 3.06. The molecule has 0 spiro atoms. The van der Waals surface area contributed by atoms with Crippen molar-refractivity contribution < 1.29 is 19.0 Å². The fourth-order valence-electron chi connectivity index (χ4n) is 1.45. The molecule has 0 aromatic heterocycles. The van der Waals surface area contributed by atoms with Crippen molar-refractivity contribution in [2.24, 2.45) is 0 Å². The van der Waals surface area contributed by atoms with Crippen molar-refractivity contribution in [3.8, 4) is 11.5 Å². The maximum Gasteiger partial charge on any atom is 0.338 e. The Hall–Kier alpha value is -1.46. The molecule has 0 heterocycles. The van der Waals surface area contributed by atoms with E-state index in [0.29, 0.717) is 42.6 Å². The molecule has 0 aliphatic rings. The predicted octanol–water partition coefficient (Wildman–Crippen LogP) is 1.69. The lowest BCUT2D eigenvalue weighted by molar-refractivity contribution is 0.0508. The van der Waals surface area contributed by atoms with Gasteiger partial charge >= 0.3 is 5.97 Å². The molecule has 0 saturated heterocycles. The quantitative estimate of drug-likeness (QED) is 0.448. The van der Waals surface area contributed by atoms with Crippen LogP contribution in [0.15, 0.2) is 18.2 Å². The number of carbonyl (C=O) groups is 1. The van der Waals surface area contributed by atoms with Gasteiger partial charge in [0.05, 0.1) is 19.8 Å². The molecule has 0 bridgehead atoms. The lowest BCUT2D eigenvalue weighted by Gasteiger charge is -2.09. The molecule has 0 unspecified atom stereocenters. The molecule has 106 valence electrons. The second-order valence-corrected chi connectivity index (χ2v) is 4.02. The van der Waals surface area contributed by atoms with Crippen LogP contribution in [0.25, 0.3) is 0 Å². The number of hydrogen-bond acceptors (Lipinski definition) is 5. The molecule has 1 rings (SSSR count). The third-order valence-electron chi connectivity index (χ3n) is 2.40. The van der Waals surface area contributed by atoms with E-state index in [4.69, 9.17) is 25.8 Å². The molecular weight excluding hydrogens is 270 g/mol. The normalized spacial score (nSPS) is 10.1. The van der Waals surface area contributed by atoms with Gasteiger partial charge in [0.25, 0.3) is 0 Å². The summed E-state index contributed by atoms with van der Waals surface area (Å²) in [5.74, 6) is 1.21. The van der Waals surface area contributed by atoms with Gasteiger partial charge in [0.1, 0.15) is 6.61 Å². The molecule has 0 saturated carbocycles. The summed E-state index contributed by atoms with van der Waals surface area (Å²) in [5.41, 5.74) is 0.426. The third-order valence-corrected chi connectivity index (χ3v) is 2.59. The SMILES string of the molecule is COc1ccc(C(=O)OCCNCCCl)cc1OC. The number of alkyl halides is 1. The average molecular weight is 288 g/mol. The minimum absolute atomic E-state index is 0.296. The van der Waals surface area contributed by atoms with Gasteiger partial charge in [-0.25, -0.2) is 4.79 Å². The van der Waals surface area contributed by atoms with Gasteiger partial charge in [0, 0.05) is 19.0 Å². The minimum atomic E-state index is -0.395. The molecule has 19 heavy (non-hydrogen) atoms. The number of ether oxygens (including phenoxy) is 3. The summed E-state index contributed by atoms with van der Waals surface area (Å²) in [4.78, 5) is 11.8. The Labute approximate surface area is 117 Å². The van der Waals surface area contributed by atoms with Crippen LogP contribution in [0, 0.1) is 0 Å². The van der Waals surface area contributed by atoms with Crippen LogP contribution in [-0.4, -0.2) is 45.8 Å². The highest BCUT2D eigenvalue weighted by Crippen LogP contribution is 2.27. The van der Waals surface area contributed by atoms with Crippen molar-refractivity contribution in [1.82, 2.24) is 5.32 Å². The first kappa shape index (κ1) is 15.6. The summed E-state index contributed by atoms with van der Waals surface area (Å²) in [6.07, 6.45) is 0. The van der Waals surface area contributed by atoms with Gasteiger partial charge in [0.2, 0.25) is 0 Å². The van der Waals surface area contributed by atoms with E-state index in [2.05, 4.69) is 5.32 Å². The molecule has 0 atom stereocenters. The summed E-state index contributed by atoms with van der Waals surface area (Å²) in [6.45, 7) is 1.56. The van der Waals surface area contributed by atoms with Gasteiger partial charge < -0.3 is 19.5 Å². The van der Waals surface area contributed by atoms with E-state index in [-0.39, 0.29) is 0 Å². The second kappa shape index (κ2) is 8.61. The van der Waals surface area contributed by atoms with Gasteiger partial charge in [-0.1, -0.05) is 0 Å². The first-order chi connectivity index (χ1) is 9.22. The molecule has 1 aromatic rings. The molecule has 0 fully saturated rings. The van der Waals surface area contributed by atoms with E-state index in [1.807, 2.05) is 0 Å². The number of esters is 1. The highest BCUT2D eigenvalue weighted by molar-refractivity contribution is 6.18. The Bertz CT molecular complexity index is 412. The zero-order valence-electron chi connectivity index (χ0n) is 11.1. The molecule has 0 aliphatic heterocycles. The van der Waals surface area contributed by atoms with Crippen LogP contribution in [0.2, 0.25) is 0 Å². The number of carbonyl (C=O) groups excluding carboxylic acids is 1. The van der Waals surface area contributed by atoms with Gasteiger partial charge in [-0.2, -0.15) is 0 Å². The van der Waals surface area contributed by atoms with Crippen LogP contribution in [0.5, 0.6) is 11.5 Å². The highest BCUT2D eigenvalue weighted by atomic mass is 35.5. The zero-order chi connectivity index (χ0) is 14.1. The highest BCUT2D eigenvalue weighted by Gasteiger charge is 2.11. The smallest absolute Gasteiger partial charge is 0.338 e. The van der Waals surface area contributed by atoms with E-state index in [9.17, 15) is 4.79 Å². The Kier molecular flexibility index (Phi) is 7.07. The van der Waals surface area contributed by atoms with E-state index in [1.165, 1.54) is 7.11 Å². The monoisotopic (exact) mass is 287 g/mol. The number of hydrogen-bond donors (Lipinski definition) is 1. The van der Waals surface area contributed by atoms with Crippen LogP contribution >= 0.6 is 11.6 Å². The summed E-state index contributed by atoms with van der Waals surface area (Å²) in [6, 6.07) is 4.89. The minimum Gasteiger partial charge on any atom is -0.493 e. The molecule has 0 amide bonds. The lowest BCUT2D eigenvalue weighted by Crippen LogP contribution is -2.23. The maximum atomic E-state index is 11.8. The Morgan fingerprint density at radius 3 is 2.58 bits per heavy atom. The van der Waals surface area contributed by atoms with Crippen LogP contribution < -0.4 is 14.8 Å². The number of benzene rings is 1. The molecule has 0 aliphatic carbocycles. The first-order valence-corrected chi connectivity index (χ1v) is 6.42. The summed E-state index contributed by atoms with van der Waals surface area (Å²) >= 11 is 5.50. The largest absolute Gasteiger partial charge is 0.493 e. The van der Waals surface area contributed by atoms with Crippen LogP contribution in [0.4, 0.5) is 0 Å². The van der Waals surface area contributed by atoms with Crippen molar-refractivity contribution in [1.29, 1.82) is 0 Å². The lowest BCUT2D eigenvalue weighted by atomic mass is 10.2. The average Bonchev–Trinajstić information content (AvgIpc) is 2.46. The molecule has 6 heteroatoms. The third kappa shape index (κ3) is 4.96. The maximum absolute atomic E-state index is 11.8. The number of methoxy groups -OCH3 is 2. The molecule has 0 radical (unpaired) electrons. The van der Waals surface area contributed by atoms with E-state index >= 15 is 0 Å².